The summed E-state index contributed by atoms with van der Waals surface area (Å²) in [5.74, 6) is 2.13. The van der Waals surface area contributed by atoms with Gasteiger partial charge in [0.05, 0.1) is 14.2 Å². The highest BCUT2D eigenvalue weighted by Gasteiger charge is 2.06. The number of nitrogens with one attached hydrogen (secondary N) is 2. The van der Waals surface area contributed by atoms with E-state index in [4.69, 9.17) is 9.47 Å². The number of anilines is 2. The number of hydrogen-bond acceptors (Lipinski definition) is 4. The predicted octanol–water partition coefficient (Wildman–Crippen LogP) is 4.01. The van der Waals surface area contributed by atoms with E-state index in [0.29, 0.717) is 18.0 Å². The largest absolute Gasteiger partial charge is 0.493 e. The fraction of sp³-hybridized carbons (Fsp3) is 0.381. The molecular weight excluding hydrogens is 467 g/mol. The molecule has 0 heterocycles. The van der Waals surface area contributed by atoms with Crippen LogP contribution in [-0.2, 0) is 6.42 Å². The van der Waals surface area contributed by atoms with Crippen LogP contribution in [0.3, 0.4) is 0 Å². The Bertz CT molecular complexity index is 749. The summed E-state index contributed by atoms with van der Waals surface area (Å²) >= 11 is 0. The maximum Gasteiger partial charge on any atom is 0.195 e. The van der Waals surface area contributed by atoms with Gasteiger partial charge in [-0.25, -0.2) is 0 Å². The Morgan fingerprint density at radius 2 is 1.68 bits per heavy atom. The lowest BCUT2D eigenvalue weighted by atomic mass is 10.1. The summed E-state index contributed by atoms with van der Waals surface area (Å²) in [7, 11) is 7.34. The van der Waals surface area contributed by atoms with E-state index in [1.165, 1.54) is 11.3 Å². The van der Waals surface area contributed by atoms with Crippen molar-refractivity contribution in [3.8, 4) is 11.5 Å². The normalized spacial score (nSPS) is 10.7. The van der Waals surface area contributed by atoms with Crippen LogP contribution in [0.2, 0.25) is 0 Å². The van der Waals surface area contributed by atoms with Crippen molar-refractivity contribution in [1.29, 1.82) is 0 Å². The van der Waals surface area contributed by atoms with Crippen LogP contribution in [-0.4, -0.2) is 47.4 Å². The van der Waals surface area contributed by atoms with Gasteiger partial charge in [-0.1, -0.05) is 12.1 Å². The summed E-state index contributed by atoms with van der Waals surface area (Å²) in [5, 5.41) is 6.58. The van der Waals surface area contributed by atoms with Crippen molar-refractivity contribution in [1.82, 2.24) is 5.32 Å². The number of hydrogen-bond donors (Lipinski definition) is 2. The van der Waals surface area contributed by atoms with Gasteiger partial charge in [-0.2, -0.15) is 0 Å². The topological polar surface area (TPSA) is 58.1 Å². The average molecular weight is 498 g/mol. The second kappa shape index (κ2) is 12.3. The van der Waals surface area contributed by atoms with Gasteiger partial charge in [0.15, 0.2) is 17.5 Å². The molecule has 0 fully saturated rings. The number of methoxy groups -OCH3 is 2. The minimum Gasteiger partial charge on any atom is -0.493 e. The van der Waals surface area contributed by atoms with Gasteiger partial charge >= 0.3 is 0 Å². The van der Waals surface area contributed by atoms with Gasteiger partial charge < -0.3 is 25.0 Å². The second-order valence-corrected chi connectivity index (χ2v) is 6.27. The molecule has 2 rings (SSSR count). The zero-order valence-electron chi connectivity index (χ0n) is 17.3. The highest BCUT2D eigenvalue weighted by Crippen LogP contribution is 2.29. The van der Waals surface area contributed by atoms with Crippen molar-refractivity contribution in [3.05, 3.63) is 48.0 Å². The van der Waals surface area contributed by atoms with Crippen molar-refractivity contribution in [3.63, 3.8) is 0 Å². The first-order chi connectivity index (χ1) is 13.1. The molecular formula is C21H31IN4O2. The Labute approximate surface area is 185 Å². The Hall–Kier alpha value is -2.16. The third-order valence-electron chi connectivity index (χ3n) is 4.11. The zero-order chi connectivity index (χ0) is 19.6. The van der Waals surface area contributed by atoms with Crippen LogP contribution in [0.25, 0.3) is 0 Å². The summed E-state index contributed by atoms with van der Waals surface area (Å²) in [4.78, 5) is 6.77. The third-order valence-corrected chi connectivity index (χ3v) is 4.11. The summed E-state index contributed by atoms with van der Waals surface area (Å²) in [5.41, 5.74) is 3.36. The lowest BCUT2D eigenvalue weighted by Crippen LogP contribution is -2.30. The second-order valence-electron chi connectivity index (χ2n) is 6.27. The zero-order valence-corrected chi connectivity index (χ0v) is 19.6. The molecule has 0 amide bonds. The number of benzene rings is 2. The summed E-state index contributed by atoms with van der Waals surface area (Å²) in [6, 6.07) is 14.3. The van der Waals surface area contributed by atoms with E-state index in [-0.39, 0.29) is 24.0 Å². The molecule has 0 spiro atoms. The predicted molar refractivity (Wildman–Crippen MR) is 129 cm³/mol. The first-order valence-corrected chi connectivity index (χ1v) is 9.11. The number of ether oxygens (including phenoxy) is 2. The van der Waals surface area contributed by atoms with E-state index < -0.39 is 0 Å². The smallest absolute Gasteiger partial charge is 0.195 e. The van der Waals surface area contributed by atoms with Gasteiger partial charge in [-0.3, -0.25) is 4.99 Å². The van der Waals surface area contributed by atoms with Gasteiger partial charge in [-0.05, 0) is 43.2 Å². The molecule has 0 bridgehead atoms. The first-order valence-electron chi connectivity index (χ1n) is 9.11. The minimum absolute atomic E-state index is 0. The van der Waals surface area contributed by atoms with E-state index in [1.807, 2.05) is 39.2 Å². The van der Waals surface area contributed by atoms with Crippen molar-refractivity contribution in [2.75, 3.05) is 51.6 Å². The molecule has 6 nitrogen and oxygen atoms in total. The molecule has 0 radical (unpaired) electrons. The van der Waals surface area contributed by atoms with Crippen molar-refractivity contribution in [2.24, 2.45) is 4.99 Å². The summed E-state index contributed by atoms with van der Waals surface area (Å²) in [6.07, 6.45) is 0.885. The molecule has 0 aliphatic rings. The SMILES string of the molecule is CCNC(=NCCc1ccc(N(C)C)cc1)Nc1ccc(OC)c(OC)c1.I. The highest BCUT2D eigenvalue weighted by molar-refractivity contribution is 14.0. The fourth-order valence-corrected chi connectivity index (χ4v) is 2.62. The number of halogens is 1. The molecule has 2 N–H and O–H groups in total. The van der Waals surface area contributed by atoms with E-state index in [2.05, 4.69) is 44.8 Å². The Balaban J connectivity index is 0.00000392. The molecule has 154 valence electrons. The van der Waals surface area contributed by atoms with E-state index in [1.54, 1.807) is 14.2 Å². The highest BCUT2D eigenvalue weighted by atomic mass is 127. The number of rotatable bonds is 8. The molecule has 0 aromatic heterocycles. The van der Waals surface area contributed by atoms with Gasteiger partial charge in [0.2, 0.25) is 0 Å². The van der Waals surface area contributed by atoms with Crippen LogP contribution in [0.4, 0.5) is 11.4 Å². The van der Waals surface area contributed by atoms with Crippen LogP contribution in [0.1, 0.15) is 12.5 Å². The maximum atomic E-state index is 5.36. The monoisotopic (exact) mass is 498 g/mol. The minimum atomic E-state index is 0. The number of guanidine groups is 1. The molecule has 0 saturated carbocycles. The molecule has 0 atom stereocenters. The molecule has 28 heavy (non-hydrogen) atoms. The molecule has 0 unspecified atom stereocenters. The van der Waals surface area contributed by atoms with Crippen LogP contribution in [0, 0.1) is 0 Å². The Morgan fingerprint density at radius 1 is 1.00 bits per heavy atom. The molecule has 7 heteroatoms. The lowest BCUT2D eigenvalue weighted by molar-refractivity contribution is 0.355. The van der Waals surface area contributed by atoms with Gasteiger partial charge in [0.1, 0.15) is 0 Å². The standard InChI is InChI=1S/C21H30N4O2.HI/c1-6-22-21(24-17-9-12-19(26-4)20(15-17)27-5)23-14-13-16-7-10-18(11-8-16)25(2)3;/h7-12,15H,6,13-14H2,1-5H3,(H2,22,23,24);1H. The van der Waals surface area contributed by atoms with Crippen LogP contribution >= 0.6 is 24.0 Å². The maximum absolute atomic E-state index is 5.36. The van der Waals surface area contributed by atoms with E-state index in [0.717, 1.165) is 24.6 Å². The molecule has 2 aromatic carbocycles. The van der Waals surface area contributed by atoms with Gasteiger partial charge in [0.25, 0.3) is 0 Å². The van der Waals surface area contributed by atoms with Gasteiger partial charge in [-0.15, -0.1) is 24.0 Å². The first kappa shape index (κ1) is 23.9. The Kier molecular flexibility index (Phi) is 10.5. The molecule has 2 aromatic rings. The summed E-state index contributed by atoms with van der Waals surface area (Å²) < 4.78 is 10.6. The van der Waals surface area contributed by atoms with E-state index in [9.17, 15) is 0 Å². The van der Waals surface area contributed by atoms with Crippen molar-refractivity contribution < 1.29 is 9.47 Å². The Morgan fingerprint density at radius 3 is 2.25 bits per heavy atom. The van der Waals surface area contributed by atoms with E-state index >= 15 is 0 Å². The van der Waals surface area contributed by atoms with Crippen LogP contribution in [0.15, 0.2) is 47.5 Å². The molecule has 0 aliphatic carbocycles. The summed E-state index contributed by atoms with van der Waals surface area (Å²) in [6.45, 7) is 3.53. The van der Waals surface area contributed by atoms with Crippen molar-refractivity contribution in [2.45, 2.75) is 13.3 Å². The van der Waals surface area contributed by atoms with Crippen LogP contribution in [0.5, 0.6) is 11.5 Å². The third kappa shape index (κ3) is 7.10. The number of nitrogens with zero attached hydrogens (tertiary/aromatic N) is 2. The van der Waals surface area contributed by atoms with Crippen LogP contribution < -0.4 is 25.0 Å². The molecule has 0 aliphatic heterocycles. The fourth-order valence-electron chi connectivity index (χ4n) is 2.62. The number of aliphatic imine (C=N–C) groups is 1. The quantitative estimate of drug-likeness (QED) is 0.327. The van der Waals surface area contributed by atoms with Gasteiger partial charge in [0, 0.05) is 44.6 Å². The van der Waals surface area contributed by atoms with Crippen molar-refractivity contribution >= 4 is 41.3 Å². The average Bonchev–Trinajstić information content (AvgIpc) is 2.68. The molecule has 0 saturated heterocycles. The lowest BCUT2D eigenvalue weighted by Gasteiger charge is -2.14.